The number of carbonyl (C=O) groups excluding carboxylic acids is 1. The molecular weight excluding hydrogens is 250 g/mol. The molecule has 1 N–H and O–H groups in total. The van der Waals surface area contributed by atoms with Crippen molar-refractivity contribution in [2.45, 2.75) is 19.4 Å². The molecule has 1 heterocycles. The van der Waals surface area contributed by atoms with E-state index < -0.39 is 11.6 Å². The van der Waals surface area contributed by atoms with Crippen LogP contribution in [-0.2, 0) is 0 Å². The molecule has 1 saturated heterocycles. The van der Waals surface area contributed by atoms with Crippen LogP contribution in [0, 0.1) is 11.6 Å². The summed E-state index contributed by atoms with van der Waals surface area (Å²) >= 11 is 0. The molecule has 2 rings (SSSR count). The van der Waals surface area contributed by atoms with Crippen LogP contribution in [0.15, 0.2) is 18.2 Å². The van der Waals surface area contributed by atoms with Crippen LogP contribution < -0.4 is 5.32 Å². The summed E-state index contributed by atoms with van der Waals surface area (Å²) < 4.78 is 26.6. The molecule has 0 bridgehead atoms. The Morgan fingerprint density at radius 2 is 2.05 bits per heavy atom. The SMILES string of the molecule is CC(CC(=O)c1cc(F)ccc1F)N1CCNCC1. The maximum atomic E-state index is 13.5. The van der Waals surface area contributed by atoms with E-state index in [1.807, 2.05) is 6.92 Å². The van der Waals surface area contributed by atoms with Gasteiger partial charge in [-0.25, -0.2) is 8.78 Å². The first-order chi connectivity index (χ1) is 9.08. The zero-order chi connectivity index (χ0) is 13.8. The van der Waals surface area contributed by atoms with E-state index in [-0.39, 0.29) is 23.8 Å². The van der Waals surface area contributed by atoms with Crippen molar-refractivity contribution in [1.82, 2.24) is 10.2 Å². The van der Waals surface area contributed by atoms with Gasteiger partial charge in [-0.1, -0.05) is 0 Å². The number of ketones is 1. The normalized spacial score (nSPS) is 18.3. The summed E-state index contributed by atoms with van der Waals surface area (Å²) in [5, 5.41) is 3.23. The first-order valence-electron chi connectivity index (χ1n) is 6.51. The highest BCUT2D eigenvalue weighted by atomic mass is 19.1. The van der Waals surface area contributed by atoms with Crippen LogP contribution in [-0.4, -0.2) is 42.9 Å². The van der Waals surface area contributed by atoms with Gasteiger partial charge in [-0.15, -0.1) is 0 Å². The predicted octanol–water partition coefficient (Wildman–Crippen LogP) is 1.83. The monoisotopic (exact) mass is 268 g/mol. The number of hydrogen-bond acceptors (Lipinski definition) is 3. The van der Waals surface area contributed by atoms with Gasteiger partial charge in [-0.2, -0.15) is 0 Å². The van der Waals surface area contributed by atoms with Gasteiger partial charge in [-0.3, -0.25) is 9.69 Å². The highest BCUT2D eigenvalue weighted by molar-refractivity contribution is 5.96. The fourth-order valence-electron chi connectivity index (χ4n) is 2.34. The van der Waals surface area contributed by atoms with E-state index in [1.54, 1.807) is 0 Å². The average molecular weight is 268 g/mol. The molecule has 0 aromatic heterocycles. The molecule has 1 unspecified atom stereocenters. The lowest BCUT2D eigenvalue weighted by Crippen LogP contribution is -2.48. The Kier molecular flexibility index (Phi) is 4.61. The molecule has 1 aliphatic heterocycles. The molecular formula is C14H18F2N2O. The van der Waals surface area contributed by atoms with Gasteiger partial charge in [0.05, 0.1) is 5.56 Å². The maximum absolute atomic E-state index is 13.5. The zero-order valence-corrected chi connectivity index (χ0v) is 11.0. The zero-order valence-electron chi connectivity index (χ0n) is 11.0. The quantitative estimate of drug-likeness (QED) is 0.846. The Bertz CT molecular complexity index is 459. The number of nitrogens with one attached hydrogen (secondary N) is 1. The van der Waals surface area contributed by atoms with Gasteiger partial charge in [-0.05, 0) is 25.1 Å². The third-order valence-electron chi connectivity index (χ3n) is 3.48. The van der Waals surface area contributed by atoms with Gasteiger partial charge in [0, 0.05) is 38.6 Å². The summed E-state index contributed by atoms with van der Waals surface area (Å²) in [4.78, 5) is 14.2. The third kappa shape index (κ3) is 3.58. The lowest BCUT2D eigenvalue weighted by atomic mass is 10.0. The molecule has 104 valence electrons. The van der Waals surface area contributed by atoms with Crippen molar-refractivity contribution in [3.05, 3.63) is 35.4 Å². The Labute approximate surface area is 111 Å². The van der Waals surface area contributed by atoms with Gasteiger partial charge in [0.1, 0.15) is 11.6 Å². The highest BCUT2D eigenvalue weighted by Gasteiger charge is 2.21. The van der Waals surface area contributed by atoms with E-state index in [9.17, 15) is 13.6 Å². The molecule has 1 fully saturated rings. The molecule has 19 heavy (non-hydrogen) atoms. The number of rotatable bonds is 4. The molecule has 3 nitrogen and oxygen atoms in total. The van der Waals surface area contributed by atoms with E-state index in [1.165, 1.54) is 0 Å². The molecule has 0 spiro atoms. The van der Waals surface area contributed by atoms with Crippen molar-refractivity contribution in [2.24, 2.45) is 0 Å². The van der Waals surface area contributed by atoms with Gasteiger partial charge in [0.15, 0.2) is 5.78 Å². The topological polar surface area (TPSA) is 32.3 Å². The minimum atomic E-state index is -0.654. The van der Waals surface area contributed by atoms with Crippen molar-refractivity contribution in [3.8, 4) is 0 Å². The largest absolute Gasteiger partial charge is 0.314 e. The van der Waals surface area contributed by atoms with Crippen LogP contribution in [0.25, 0.3) is 0 Å². The summed E-state index contributed by atoms with van der Waals surface area (Å²) in [6.07, 6.45) is 0.209. The van der Waals surface area contributed by atoms with Crippen molar-refractivity contribution in [2.75, 3.05) is 26.2 Å². The van der Waals surface area contributed by atoms with Crippen LogP contribution in [0.1, 0.15) is 23.7 Å². The van der Waals surface area contributed by atoms with Gasteiger partial charge in [0.25, 0.3) is 0 Å². The second kappa shape index (κ2) is 6.21. The van der Waals surface area contributed by atoms with Gasteiger partial charge in [0.2, 0.25) is 0 Å². The highest BCUT2D eigenvalue weighted by Crippen LogP contribution is 2.15. The molecule has 0 aliphatic carbocycles. The van der Waals surface area contributed by atoms with Crippen molar-refractivity contribution < 1.29 is 13.6 Å². The summed E-state index contributed by atoms with van der Waals surface area (Å²) in [5.41, 5.74) is -0.151. The van der Waals surface area contributed by atoms with Crippen molar-refractivity contribution in [3.63, 3.8) is 0 Å². The number of piperazine rings is 1. The molecule has 1 aromatic rings. The fourth-order valence-corrected chi connectivity index (χ4v) is 2.34. The van der Waals surface area contributed by atoms with E-state index in [0.29, 0.717) is 0 Å². The third-order valence-corrected chi connectivity index (χ3v) is 3.48. The van der Waals surface area contributed by atoms with Crippen LogP contribution in [0.2, 0.25) is 0 Å². The summed E-state index contributed by atoms with van der Waals surface area (Å²) in [5.74, 6) is -1.58. The number of nitrogens with zero attached hydrogens (tertiary/aromatic N) is 1. The average Bonchev–Trinajstić information content (AvgIpc) is 2.42. The molecule has 1 atom stereocenters. The number of Topliss-reactive ketones (excluding diaryl/α,β-unsaturated/α-hetero) is 1. The van der Waals surface area contributed by atoms with E-state index in [2.05, 4.69) is 10.2 Å². The lowest BCUT2D eigenvalue weighted by Gasteiger charge is -2.32. The van der Waals surface area contributed by atoms with Crippen molar-refractivity contribution >= 4 is 5.78 Å². The fraction of sp³-hybridized carbons (Fsp3) is 0.500. The minimum Gasteiger partial charge on any atom is -0.314 e. The van der Waals surface area contributed by atoms with E-state index in [4.69, 9.17) is 0 Å². The summed E-state index contributed by atoms with van der Waals surface area (Å²) in [7, 11) is 0. The lowest BCUT2D eigenvalue weighted by molar-refractivity contribution is 0.0913. The predicted molar refractivity (Wildman–Crippen MR) is 69.2 cm³/mol. The Morgan fingerprint density at radius 3 is 2.74 bits per heavy atom. The maximum Gasteiger partial charge on any atom is 0.167 e. The summed E-state index contributed by atoms with van der Waals surface area (Å²) in [6, 6.07) is 3.03. The van der Waals surface area contributed by atoms with Crippen LogP contribution >= 0.6 is 0 Å². The van der Waals surface area contributed by atoms with Gasteiger partial charge >= 0.3 is 0 Å². The van der Waals surface area contributed by atoms with Crippen LogP contribution in [0.4, 0.5) is 8.78 Å². The van der Waals surface area contributed by atoms with Crippen LogP contribution in [0.3, 0.4) is 0 Å². The van der Waals surface area contributed by atoms with Gasteiger partial charge < -0.3 is 5.32 Å². The molecule has 1 aliphatic rings. The summed E-state index contributed by atoms with van der Waals surface area (Å²) in [6.45, 7) is 5.49. The first-order valence-corrected chi connectivity index (χ1v) is 6.51. The van der Waals surface area contributed by atoms with E-state index in [0.717, 1.165) is 44.4 Å². The molecule has 0 saturated carbocycles. The van der Waals surface area contributed by atoms with E-state index >= 15 is 0 Å². The molecule has 1 aromatic carbocycles. The van der Waals surface area contributed by atoms with Crippen molar-refractivity contribution in [1.29, 1.82) is 0 Å². The smallest absolute Gasteiger partial charge is 0.167 e. The molecule has 0 radical (unpaired) electrons. The Hall–Kier alpha value is -1.33. The minimum absolute atomic E-state index is 0.0391. The number of benzene rings is 1. The first kappa shape index (κ1) is 14.1. The number of hydrogen-bond donors (Lipinski definition) is 1. The Balaban J connectivity index is 2.01. The number of carbonyl (C=O) groups is 1. The molecule has 5 heteroatoms. The second-order valence-corrected chi connectivity index (χ2v) is 4.89. The Morgan fingerprint density at radius 1 is 1.37 bits per heavy atom. The number of halogens is 2. The molecule has 0 amide bonds. The second-order valence-electron chi connectivity index (χ2n) is 4.89. The van der Waals surface area contributed by atoms with Crippen LogP contribution in [0.5, 0.6) is 0 Å². The standard InChI is InChI=1S/C14H18F2N2O/c1-10(18-6-4-17-5-7-18)8-14(19)12-9-11(15)2-3-13(12)16/h2-3,9-10,17H,4-8H2,1H3.